The zero-order chi connectivity index (χ0) is 12.1. The Kier molecular flexibility index (Phi) is 4.15. The minimum absolute atomic E-state index is 0.572. The highest BCUT2D eigenvalue weighted by atomic mass is 31.2. The fraction of sp³-hybridized carbons (Fsp3) is 0.400. The minimum atomic E-state index is -2.97. The summed E-state index contributed by atoms with van der Waals surface area (Å²) in [6.45, 7) is 2.34. The summed E-state index contributed by atoms with van der Waals surface area (Å²) in [6, 6.07) is 9.36. The SMILES string of the molecule is NNP(=O)(Nc1ccccc1)N1CCOCC1. The van der Waals surface area contributed by atoms with E-state index < -0.39 is 7.59 Å². The van der Waals surface area contributed by atoms with Crippen LogP contribution in [-0.4, -0.2) is 31.0 Å². The molecule has 0 radical (unpaired) electrons. The van der Waals surface area contributed by atoms with Crippen molar-refractivity contribution in [2.75, 3.05) is 31.4 Å². The number of nitrogens with zero attached hydrogens (tertiary/aromatic N) is 1. The molecule has 2 rings (SSSR count). The third-order valence-corrected chi connectivity index (χ3v) is 4.72. The minimum Gasteiger partial charge on any atom is -0.379 e. The number of ether oxygens (including phenoxy) is 1. The Bertz CT molecular complexity index is 395. The third kappa shape index (κ3) is 3.06. The predicted octanol–water partition coefficient (Wildman–Crippen LogP) is 1.00. The lowest BCUT2D eigenvalue weighted by molar-refractivity contribution is 0.0716. The van der Waals surface area contributed by atoms with Crippen LogP contribution in [0.15, 0.2) is 30.3 Å². The maximum Gasteiger partial charge on any atom is 0.319 e. The van der Waals surface area contributed by atoms with Crippen LogP contribution in [0.2, 0.25) is 0 Å². The van der Waals surface area contributed by atoms with Crippen LogP contribution in [0.25, 0.3) is 0 Å². The van der Waals surface area contributed by atoms with Crippen molar-refractivity contribution in [2.45, 2.75) is 0 Å². The molecule has 0 amide bonds. The number of benzene rings is 1. The van der Waals surface area contributed by atoms with Gasteiger partial charge >= 0.3 is 7.59 Å². The van der Waals surface area contributed by atoms with Crippen LogP contribution in [0.4, 0.5) is 5.69 Å². The number of hydrazine groups is 1. The van der Waals surface area contributed by atoms with E-state index in [1.54, 1.807) is 4.67 Å². The zero-order valence-corrected chi connectivity index (χ0v) is 10.4. The molecule has 0 aliphatic carbocycles. The lowest BCUT2D eigenvalue weighted by Crippen LogP contribution is -2.41. The molecule has 0 saturated carbocycles. The third-order valence-electron chi connectivity index (χ3n) is 2.62. The van der Waals surface area contributed by atoms with Gasteiger partial charge in [-0.05, 0) is 12.1 Å². The fourth-order valence-electron chi connectivity index (χ4n) is 1.71. The maximum atomic E-state index is 12.6. The second-order valence-electron chi connectivity index (χ2n) is 3.75. The summed E-state index contributed by atoms with van der Waals surface area (Å²) in [6.07, 6.45) is 0. The Morgan fingerprint density at radius 1 is 1.24 bits per heavy atom. The lowest BCUT2D eigenvalue weighted by atomic mass is 10.3. The molecule has 1 unspecified atom stereocenters. The van der Waals surface area contributed by atoms with E-state index in [4.69, 9.17) is 10.6 Å². The van der Waals surface area contributed by atoms with E-state index >= 15 is 0 Å². The summed E-state index contributed by atoms with van der Waals surface area (Å²) in [4.78, 5) is 0. The van der Waals surface area contributed by atoms with Crippen LogP contribution in [0.5, 0.6) is 0 Å². The van der Waals surface area contributed by atoms with E-state index in [0.717, 1.165) is 5.69 Å². The lowest BCUT2D eigenvalue weighted by Gasteiger charge is -2.33. The summed E-state index contributed by atoms with van der Waals surface area (Å²) in [5, 5.41) is 5.38. The molecule has 1 aromatic carbocycles. The molecule has 7 heteroatoms. The van der Waals surface area contributed by atoms with Gasteiger partial charge in [0.05, 0.1) is 13.2 Å². The Hall–Kier alpha value is -0.910. The first-order valence-electron chi connectivity index (χ1n) is 5.49. The second kappa shape index (κ2) is 5.62. The van der Waals surface area contributed by atoms with E-state index in [1.165, 1.54) is 0 Å². The van der Waals surface area contributed by atoms with E-state index in [2.05, 4.69) is 10.3 Å². The topological polar surface area (TPSA) is 79.6 Å². The van der Waals surface area contributed by atoms with Gasteiger partial charge in [0.15, 0.2) is 0 Å². The molecule has 1 saturated heterocycles. The largest absolute Gasteiger partial charge is 0.379 e. The molecule has 6 nitrogen and oxygen atoms in total. The van der Waals surface area contributed by atoms with Gasteiger partial charge in [0, 0.05) is 18.8 Å². The Labute approximate surface area is 101 Å². The van der Waals surface area contributed by atoms with Gasteiger partial charge in [-0.2, -0.15) is 5.20 Å². The monoisotopic (exact) mass is 256 g/mol. The number of nitrogens with one attached hydrogen (secondary N) is 2. The standard InChI is InChI=1S/C10H17N4O2P/c11-13-17(15,14-6-8-16-9-7-14)12-10-4-2-1-3-5-10/h1-5H,6-9,11H2,(H2,12,13,15). The van der Waals surface area contributed by atoms with Crippen molar-refractivity contribution in [1.29, 1.82) is 0 Å². The van der Waals surface area contributed by atoms with Crippen molar-refractivity contribution in [1.82, 2.24) is 9.87 Å². The number of anilines is 1. The quantitative estimate of drug-likeness (QED) is 0.424. The molecule has 94 valence electrons. The number of para-hydroxylation sites is 1. The van der Waals surface area contributed by atoms with Gasteiger partial charge in [-0.1, -0.05) is 18.2 Å². The van der Waals surface area contributed by atoms with Crippen molar-refractivity contribution in [3.63, 3.8) is 0 Å². The zero-order valence-electron chi connectivity index (χ0n) is 9.50. The molecular weight excluding hydrogens is 239 g/mol. The van der Waals surface area contributed by atoms with Gasteiger partial charge < -0.3 is 9.82 Å². The molecule has 1 atom stereocenters. The van der Waals surface area contributed by atoms with E-state index in [0.29, 0.717) is 26.3 Å². The number of rotatable bonds is 4. The molecular formula is C10H17N4O2P. The highest BCUT2D eigenvalue weighted by molar-refractivity contribution is 7.60. The van der Waals surface area contributed by atoms with Crippen LogP contribution in [0.1, 0.15) is 0 Å². The van der Waals surface area contributed by atoms with Crippen molar-refractivity contribution in [3.05, 3.63) is 30.3 Å². The normalized spacial score (nSPS) is 20.8. The molecule has 1 aliphatic rings. The number of hydrogen-bond acceptors (Lipinski definition) is 3. The summed E-state index contributed by atoms with van der Waals surface area (Å²) in [7, 11) is -2.97. The van der Waals surface area contributed by atoms with Crippen molar-refractivity contribution in [3.8, 4) is 0 Å². The van der Waals surface area contributed by atoms with Crippen molar-refractivity contribution < 1.29 is 9.30 Å². The first-order chi connectivity index (χ1) is 8.24. The van der Waals surface area contributed by atoms with Gasteiger partial charge in [0.1, 0.15) is 0 Å². The van der Waals surface area contributed by atoms with Gasteiger partial charge in [-0.15, -0.1) is 0 Å². The summed E-state index contributed by atoms with van der Waals surface area (Å²) < 4.78 is 19.7. The molecule has 0 aromatic heterocycles. The Balaban J connectivity index is 2.11. The Morgan fingerprint density at radius 2 is 1.88 bits per heavy atom. The van der Waals surface area contributed by atoms with Crippen LogP contribution in [0.3, 0.4) is 0 Å². The van der Waals surface area contributed by atoms with E-state index in [1.807, 2.05) is 30.3 Å². The Morgan fingerprint density at radius 3 is 2.47 bits per heavy atom. The maximum absolute atomic E-state index is 12.6. The number of hydrogen-bond donors (Lipinski definition) is 3. The van der Waals surface area contributed by atoms with E-state index in [9.17, 15) is 4.57 Å². The molecule has 1 aliphatic heterocycles. The average molecular weight is 256 g/mol. The van der Waals surface area contributed by atoms with Crippen molar-refractivity contribution >= 4 is 13.3 Å². The van der Waals surface area contributed by atoms with Crippen LogP contribution >= 0.6 is 7.59 Å². The van der Waals surface area contributed by atoms with Gasteiger partial charge in [0.2, 0.25) is 0 Å². The molecule has 17 heavy (non-hydrogen) atoms. The second-order valence-corrected chi connectivity index (χ2v) is 5.95. The molecule has 1 heterocycles. The average Bonchev–Trinajstić information content (AvgIpc) is 2.41. The smallest absolute Gasteiger partial charge is 0.319 e. The van der Waals surface area contributed by atoms with Gasteiger partial charge in [0.25, 0.3) is 0 Å². The fourth-order valence-corrected chi connectivity index (χ4v) is 3.30. The summed E-state index contributed by atoms with van der Waals surface area (Å²) in [5.74, 6) is 5.43. The number of nitrogens with two attached hydrogens (primary N) is 1. The number of morpholine rings is 1. The predicted molar refractivity (Wildman–Crippen MR) is 67.4 cm³/mol. The molecule has 0 bridgehead atoms. The molecule has 0 spiro atoms. The summed E-state index contributed by atoms with van der Waals surface area (Å²) in [5.41, 5.74) is 0.778. The van der Waals surface area contributed by atoms with Crippen LogP contribution in [-0.2, 0) is 9.30 Å². The highest BCUT2D eigenvalue weighted by Gasteiger charge is 2.30. The first kappa shape index (κ1) is 12.5. The van der Waals surface area contributed by atoms with Gasteiger partial charge in [-0.3, -0.25) is 10.4 Å². The molecule has 1 aromatic rings. The first-order valence-corrected chi connectivity index (χ1v) is 7.15. The molecule has 4 N–H and O–H groups in total. The highest BCUT2D eigenvalue weighted by Crippen LogP contribution is 2.44. The van der Waals surface area contributed by atoms with Gasteiger partial charge in [-0.25, -0.2) is 4.67 Å². The van der Waals surface area contributed by atoms with E-state index in [-0.39, 0.29) is 0 Å². The van der Waals surface area contributed by atoms with Crippen molar-refractivity contribution in [2.24, 2.45) is 5.84 Å². The van der Waals surface area contributed by atoms with Crippen LogP contribution in [0, 0.1) is 0 Å². The molecule has 1 fully saturated rings. The van der Waals surface area contributed by atoms with Crippen LogP contribution < -0.4 is 16.1 Å². The summed E-state index contributed by atoms with van der Waals surface area (Å²) >= 11 is 0.